The van der Waals surface area contributed by atoms with Crippen LogP contribution >= 0.6 is 0 Å². The van der Waals surface area contributed by atoms with Crippen molar-refractivity contribution in [1.82, 2.24) is 0 Å². The highest BCUT2D eigenvalue weighted by Gasteiger charge is 2.47. The molecule has 2 aliphatic rings. The van der Waals surface area contributed by atoms with Gasteiger partial charge >= 0.3 is 0 Å². The molecule has 3 aromatic carbocycles. The molecule has 2 heterocycles. The van der Waals surface area contributed by atoms with Crippen molar-refractivity contribution in [3.63, 3.8) is 0 Å². The quantitative estimate of drug-likeness (QED) is 0.338. The predicted octanol–water partition coefficient (Wildman–Crippen LogP) is 4.75. The SMILES string of the molecule is CCOc1ccc(N2C(=O)C(=O)/C(=C(/O)c3ccc4c(c3)OCO4)C2c2ccccc2C)cc1. The second-order valence-corrected chi connectivity index (χ2v) is 8.02. The second-order valence-electron chi connectivity index (χ2n) is 8.02. The standard InChI is InChI=1S/C27H23NO6/c1-3-32-19-11-9-18(10-12-19)28-24(20-7-5-4-6-16(20)2)23(26(30)27(28)31)25(29)17-8-13-21-22(14-17)34-15-33-21/h4-14,24,29H,3,15H2,1-2H3/b25-23+. The topological polar surface area (TPSA) is 85.3 Å². The van der Waals surface area contributed by atoms with Crippen LogP contribution in [0.2, 0.25) is 0 Å². The van der Waals surface area contributed by atoms with Crippen LogP contribution in [0.25, 0.3) is 5.76 Å². The number of fused-ring (bicyclic) bond motifs is 1. The summed E-state index contributed by atoms with van der Waals surface area (Å²) in [6, 6.07) is 18.6. The molecule has 2 aliphatic heterocycles. The van der Waals surface area contributed by atoms with Crippen molar-refractivity contribution in [1.29, 1.82) is 0 Å². The Hall–Kier alpha value is -4.26. The normalized spacial score (nSPS) is 18.4. The summed E-state index contributed by atoms with van der Waals surface area (Å²) in [4.78, 5) is 28.0. The van der Waals surface area contributed by atoms with Crippen LogP contribution in [0.4, 0.5) is 5.69 Å². The Balaban J connectivity index is 1.67. The van der Waals surface area contributed by atoms with E-state index in [1.165, 1.54) is 4.90 Å². The van der Waals surface area contributed by atoms with Crippen molar-refractivity contribution in [2.24, 2.45) is 0 Å². The average Bonchev–Trinajstić information content (AvgIpc) is 3.42. The van der Waals surface area contributed by atoms with Gasteiger partial charge in [0.05, 0.1) is 18.2 Å². The number of hydrogen-bond acceptors (Lipinski definition) is 6. The zero-order valence-electron chi connectivity index (χ0n) is 18.8. The van der Waals surface area contributed by atoms with Gasteiger partial charge in [-0.05, 0) is 67.4 Å². The molecule has 0 aliphatic carbocycles. The molecule has 1 N–H and O–H groups in total. The van der Waals surface area contributed by atoms with Gasteiger partial charge in [0.25, 0.3) is 11.7 Å². The maximum Gasteiger partial charge on any atom is 0.300 e. The minimum atomic E-state index is -0.801. The molecule has 0 bridgehead atoms. The van der Waals surface area contributed by atoms with E-state index in [2.05, 4.69) is 0 Å². The molecule has 7 heteroatoms. The molecule has 1 saturated heterocycles. The molecule has 0 aromatic heterocycles. The Morgan fingerprint density at radius 2 is 1.76 bits per heavy atom. The summed E-state index contributed by atoms with van der Waals surface area (Å²) in [7, 11) is 0. The molecule has 1 amide bonds. The largest absolute Gasteiger partial charge is 0.507 e. The number of rotatable bonds is 5. The minimum Gasteiger partial charge on any atom is -0.507 e. The number of ether oxygens (including phenoxy) is 3. The number of anilines is 1. The zero-order valence-corrected chi connectivity index (χ0v) is 18.8. The number of carbonyl (C=O) groups excluding carboxylic acids is 2. The number of nitrogens with zero attached hydrogens (tertiary/aromatic N) is 1. The summed E-state index contributed by atoms with van der Waals surface area (Å²) >= 11 is 0. The van der Waals surface area contributed by atoms with E-state index < -0.39 is 17.7 Å². The van der Waals surface area contributed by atoms with Crippen molar-refractivity contribution >= 4 is 23.1 Å². The Morgan fingerprint density at radius 3 is 2.50 bits per heavy atom. The Bertz CT molecular complexity index is 1310. The summed E-state index contributed by atoms with van der Waals surface area (Å²) in [5, 5.41) is 11.3. The third kappa shape index (κ3) is 3.55. The highest BCUT2D eigenvalue weighted by atomic mass is 16.7. The van der Waals surface area contributed by atoms with E-state index in [4.69, 9.17) is 14.2 Å². The fourth-order valence-electron chi connectivity index (χ4n) is 4.36. The predicted molar refractivity (Wildman–Crippen MR) is 126 cm³/mol. The highest BCUT2D eigenvalue weighted by molar-refractivity contribution is 6.51. The first-order valence-corrected chi connectivity index (χ1v) is 11.0. The van der Waals surface area contributed by atoms with Gasteiger partial charge in [0.2, 0.25) is 6.79 Å². The second kappa shape index (κ2) is 8.59. The number of aryl methyl sites for hydroxylation is 1. The molecule has 0 spiro atoms. The molecule has 7 nitrogen and oxygen atoms in total. The van der Waals surface area contributed by atoms with Crippen LogP contribution in [0.1, 0.15) is 29.7 Å². The lowest BCUT2D eigenvalue weighted by Crippen LogP contribution is -2.29. The molecule has 1 unspecified atom stereocenters. The van der Waals surface area contributed by atoms with Gasteiger partial charge in [-0.1, -0.05) is 24.3 Å². The molecule has 3 aromatic rings. The van der Waals surface area contributed by atoms with Crippen molar-refractivity contribution < 1.29 is 28.9 Å². The Labute approximate surface area is 196 Å². The van der Waals surface area contributed by atoms with E-state index in [1.807, 2.05) is 38.1 Å². The van der Waals surface area contributed by atoms with E-state index in [9.17, 15) is 14.7 Å². The number of carbonyl (C=O) groups is 2. The van der Waals surface area contributed by atoms with Gasteiger partial charge in [0.15, 0.2) is 11.5 Å². The third-order valence-electron chi connectivity index (χ3n) is 6.00. The number of hydrogen-bond donors (Lipinski definition) is 1. The van der Waals surface area contributed by atoms with Gasteiger partial charge in [-0.15, -0.1) is 0 Å². The van der Waals surface area contributed by atoms with Gasteiger partial charge in [-0.2, -0.15) is 0 Å². The van der Waals surface area contributed by atoms with E-state index in [1.54, 1.807) is 42.5 Å². The first-order chi connectivity index (χ1) is 16.5. The average molecular weight is 457 g/mol. The van der Waals surface area contributed by atoms with E-state index in [0.717, 1.165) is 11.1 Å². The first kappa shape index (κ1) is 21.6. The summed E-state index contributed by atoms with van der Waals surface area (Å²) in [6.07, 6.45) is 0. The van der Waals surface area contributed by atoms with Gasteiger partial charge in [0, 0.05) is 11.3 Å². The van der Waals surface area contributed by atoms with Crippen LogP contribution in [-0.2, 0) is 9.59 Å². The fourth-order valence-corrected chi connectivity index (χ4v) is 4.36. The smallest absolute Gasteiger partial charge is 0.300 e. The van der Waals surface area contributed by atoms with Crippen LogP contribution in [0, 0.1) is 6.92 Å². The van der Waals surface area contributed by atoms with Gasteiger partial charge in [-0.3, -0.25) is 14.5 Å². The number of benzene rings is 3. The van der Waals surface area contributed by atoms with Gasteiger partial charge in [-0.25, -0.2) is 0 Å². The number of Topliss-reactive ketones (excluding diaryl/α,β-unsaturated/α-hetero) is 1. The fraction of sp³-hybridized carbons (Fsp3) is 0.185. The molecule has 5 rings (SSSR count). The third-order valence-corrected chi connectivity index (χ3v) is 6.00. The Kier molecular flexibility index (Phi) is 5.45. The first-order valence-electron chi connectivity index (χ1n) is 11.0. The maximum atomic E-state index is 13.3. The van der Waals surface area contributed by atoms with Crippen LogP contribution in [-0.4, -0.2) is 30.2 Å². The van der Waals surface area contributed by atoms with Crippen molar-refractivity contribution in [2.75, 3.05) is 18.3 Å². The van der Waals surface area contributed by atoms with E-state index in [0.29, 0.717) is 35.1 Å². The van der Waals surface area contributed by atoms with Gasteiger partial charge in [0.1, 0.15) is 11.5 Å². The summed E-state index contributed by atoms with van der Waals surface area (Å²) in [5.41, 5.74) is 2.56. The number of amides is 1. The van der Waals surface area contributed by atoms with E-state index in [-0.39, 0.29) is 18.1 Å². The zero-order chi connectivity index (χ0) is 23.8. The maximum absolute atomic E-state index is 13.3. The monoisotopic (exact) mass is 457 g/mol. The van der Waals surface area contributed by atoms with Crippen molar-refractivity contribution in [2.45, 2.75) is 19.9 Å². The van der Waals surface area contributed by atoms with E-state index >= 15 is 0 Å². The molecule has 1 fully saturated rings. The molecule has 1 atom stereocenters. The summed E-state index contributed by atoms with van der Waals surface area (Å²) in [5.74, 6) is -0.0370. The number of ketones is 1. The lowest BCUT2D eigenvalue weighted by Gasteiger charge is -2.26. The lowest BCUT2D eigenvalue weighted by atomic mass is 9.92. The summed E-state index contributed by atoms with van der Waals surface area (Å²) < 4.78 is 16.3. The lowest BCUT2D eigenvalue weighted by molar-refractivity contribution is -0.132. The van der Waals surface area contributed by atoms with Crippen molar-refractivity contribution in [3.8, 4) is 17.2 Å². The molecular weight excluding hydrogens is 434 g/mol. The van der Waals surface area contributed by atoms with Crippen molar-refractivity contribution in [3.05, 3.63) is 89.0 Å². The van der Waals surface area contributed by atoms with Crippen LogP contribution < -0.4 is 19.1 Å². The Morgan fingerprint density at radius 1 is 1.03 bits per heavy atom. The van der Waals surface area contributed by atoms with Crippen LogP contribution in [0.3, 0.4) is 0 Å². The molecule has 0 saturated carbocycles. The summed E-state index contributed by atoms with van der Waals surface area (Å²) in [6.45, 7) is 4.41. The molecule has 172 valence electrons. The van der Waals surface area contributed by atoms with Crippen LogP contribution in [0.15, 0.2) is 72.3 Å². The highest BCUT2D eigenvalue weighted by Crippen LogP contribution is 2.44. The van der Waals surface area contributed by atoms with Crippen LogP contribution in [0.5, 0.6) is 17.2 Å². The number of aliphatic hydroxyl groups excluding tert-OH is 1. The minimum absolute atomic E-state index is 0.0204. The molecule has 0 radical (unpaired) electrons. The van der Waals surface area contributed by atoms with Gasteiger partial charge < -0.3 is 19.3 Å². The number of aliphatic hydroxyl groups is 1. The molecule has 34 heavy (non-hydrogen) atoms. The molecular formula is C27H23NO6.